The van der Waals surface area contributed by atoms with E-state index in [1.165, 1.54) is 0 Å². The van der Waals surface area contributed by atoms with Crippen LogP contribution in [0.3, 0.4) is 0 Å². The summed E-state index contributed by atoms with van der Waals surface area (Å²) in [6.45, 7) is 7.94. The zero-order chi connectivity index (χ0) is 20.1. The van der Waals surface area contributed by atoms with Gasteiger partial charge < -0.3 is 15.0 Å². The maximum absolute atomic E-state index is 13.0. The smallest absolute Gasteiger partial charge is 0.255 e. The molecular formula is C19H27N5O3S. The lowest BCUT2D eigenvalue weighted by molar-refractivity contribution is -0.122. The number of thiazole rings is 1. The van der Waals surface area contributed by atoms with Crippen LogP contribution in [0.2, 0.25) is 0 Å². The molecule has 0 unspecified atom stereocenters. The predicted molar refractivity (Wildman–Crippen MR) is 108 cm³/mol. The molecule has 0 aromatic carbocycles. The van der Waals surface area contributed by atoms with Crippen LogP contribution in [-0.2, 0) is 9.53 Å². The third-order valence-corrected chi connectivity index (χ3v) is 5.68. The van der Waals surface area contributed by atoms with Crippen molar-refractivity contribution >= 4 is 23.2 Å². The summed E-state index contributed by atoms with van der Waals surface area (Å²) in [4.78, 5) is 33.3. The van der Waals surface area contributed by atoms with Crippen LogP contribution in [0.4, 0.5) is 0 Å². The van der Waals surface area contributed by atoms with Crippen molar-refractivity contribution in [1.82, 2.24) is 24.7 Å². The lowest BCUT2D eigenvalue weighted by atomic mass is 10.2. The molecule has 1 aliphatic rings. The van der Waals surface area contributed by atoms with E-state index in [9.17, 15) is 9.59 Å². The van der Waals surface area contributed by atoms with Gasteiger partial charge in [-0.05, 0) is 19.9 Å². The lowest BCUT2D eigenvalue weighted by Crippen LogP contribution is -2.51. The van der Waals surface area contributed by atoms with Crippen LogP contribution in [0.15, 0.2) is 17.6 Å². The first kappa shape index (κ1) is 20.5. The molecular weight excluding hydrogens is 378 g/mol. The highest BCUT2D eigenvalue weighted by Crippen LogP contribution is 2.23. The second kappa shape index (κ2) is 9.31. The summed E-state index contributed by atoms with van der Waals surface area (Å²) in [6.07, 6.45) is 1.77. The molecule has 0 bridgehead atoms. The molecule has 2 amide bonds. The third kappa shape index (κ3) is 4.60. The Morgan fingerprint density at radius 2 is 2.00 bits per heavy atom. The number of nitrogens with zero attached hydrogens (tertiary/aromatic N) is 4. The quantitative estimate of drug-likeness (QED) is 0.697. The Kier molecular flexibility index (Phi) is 6.82. The van der Waals surface area contributed by atoms with Crippen LogP contribution < -0.4 is 5.32 Å². The number of aromatic nitrogens is 2. The van der Waals surface area contributed by atoms with Crippen LogP contribution in [0, 0.1) is 13.8 Å². The fourth-order valence-electron chi connectivity index (χ4n) is 3.43. The van der Waals surface area contributed by atoms with Crippen LogP contribution in [0.25, 0.3) is 5.13 Å². The normalized spacial score (nSPS) is 15.0. The van der Waals surface area contributed by atoms with Gasteiger partial charge in [-0.2, -0.15) is 0 Å². The first-order valence-corrected chi connectivity index (χ1v) is 10.2. The van der Waals surface area contributed by atoms with Gasteiger partial charge in [0.05, 0.1) is 18.7 Å². The monoisotopic (exact) mass is 405 g/mol. The van der Waals surface area contributed by atoms with Crippen LogP contribution >= 0.6 is 11.3 Å². The highest BCUT2D eigenvalue weighted by molar-refractivity contribution is 7.12. The van der Waals surface area contributed by atoms with Gasteiger partial charge in [-0.1, -0.05) is 0 Å². The van der Waals surface area contributed by atoms with Gasteiger partial charge in [-0.3, -0.25) is 19.1 Å². The summed E-state index contributed by atoms with van der Waals surface area (Å²) in [7, 11) is 1.61. The largest absolute Gasteiger partial charge is 0.383 e. The molecule has 0 saturated carbocycles. The Bertz CT molecular complexity index is 810. The van der Waals surface area contributed by atoms with Crippen molar-refractivity contribution in [2.24, 2.45) is 0 Å². The fourth-order valence-corrected chi connectivity index (χ4v) is 4.18. The molecule has 3 rings (SSSR count). The summed E-state index contributed by atoms with van der Waals surface area (Å²) < 4.78 is 6.96. The average molecular weight is 406 g/mol. The maximum atomic E-state index is 13.0. The van der Waals surface area contributed by atoms with Gasteiger partial charge in [0, 0.05) is 62.8 Å². The van der Waals surface area contributed by atoms with Crippen molar-refractivity contribution < 1.29 is 14.3 Å². The first-order valence-electron chi connectivity index (χ1n) is 9.37. The number of amides is 2. The SMILES string of the molecule is COCCNC(=O)CN1CCN(C(=O)c2cc(C)n(-c3nccs3)c2C)CC1. The molecule has 0 aliphatic carbocycles. The summed E-state index contributed by atoms with van der Waals surface area (Å²) in [6, 6.07) is 1.94. The first-order chi connectivity index (χ1) is 13.5. The standard InChI is InChI=1S/C19H27N5O3S/c1-14-12-16(15(2)24(14)19-21-5-11-28-19)18(26)23-8-6-22(7-9-23)13-17(25)20-4-10-27-3/h5,11-12H,4,6-10,13H2,1-3H3,(H,20,25). The van der Waals surface area contributed by atoms with Crippen LogP contribution in [0.5, 0.6) is 0 Å². The zero-order valence-electron chi connectivity index (χ0n) is 16.6. The summed E-state index contributed by atoms with van der Waals surface area (Å²) >= 11 is 1.55. The summed E-state index contributed by atoms with van der Waals surface area (Å²) in [5.74, 6) is 0.0314. The molecule has 0 radical (unpaired) electrons. The Morgan fingerprint density at radius 3 is 2.64 bits per heavy atom. The fraction of sp³-hybridized carbons (Fsp3) is 0.526. The van der Waals surface area contributed by atoms with Gasteiger partial charge in [0.1, 0.15) is 0 Å². The van der Waals surface area contributed by atoms with Crippen LogP contribution in [0.1, 0.15) is 21.7 Å². The Labute approximate surface area is 169 Å². The van der Waals surface area contributed by atoms with Crippen molar-refractivity contribution in [3.05, 3.63) is 34.6 Å². The van der Waals surface area contributed by atoms with Crippen molar-refractivity contribution in [3.8, 4) is 5.13 Å². The Morgan fingerprint density at radius 1 is 1.25 bits per heavy atom. The number of methoxy groups -OCH3 is 1. The number of carbonyl (C=O) groups excluding carboxylic acids is 2. The molecule has 0 spiro atoms. The van der Waals surface area contributed by atoms with E-state index in [2.05, 4.69) is 15.2 Å². The van der Waals surface area contributed by atoms with E-state index in [4.69, 9.17) is 4.74 Å². The zero-order valence-corrected chi connectivity index (χ0v) is 17.4. The molecule has 2 aromatic heterocycles. The number of rotatable bonds is 7. The number of piperazine rings is 1. The molecule has 0 atom stereocenters. The molecule has 9 heteroatoms. The van der Waals surface area contributed by atoms with Gasteiger partial charge in [0.15, 0.2) is 5.13 Å². The van der Waals surface area contributed by atoms with E-state index < -0.39 is 0 Å². The summed E-state index contributed by atoms with van der Waals surface area (Å²) in [5, 5.41) is 5.63. The molecule has 28 heavy (non-hydrogen) atoms. The number of hydrogen-bond acceptors (Lipinski definition) is 6. The number of carbonyl (C=O) groups is 2. The van der Waals surface area contributed by atoms with Gasteiger partial charge in [0.2, 0.25) is 5.91 Å². The van der Waals surface area contributed by atoms with Crippen molar-refractivity contribution in [2.45, 2.75) is 13.8 Å². The minimum absolute atomic E-state index is 0.0104. The second-order valence-corrected chi connectivity index (χ2v) is 7.72. The van der Waals surface area contributed by atoms with E-state index >= 15 is 0 Å². The average Bonchev–Trinajstić information content (AvgIpc) is 3.29. The van der Waals surface area contributed by atoms with Gasteiger partial charge >= 0.3 is 0 Å². The third-order valence-electron chi connectivity index (χ3n) is 4.93. The highest BCUT2D eigenvalue weighted by atomic mass is 32.1. The minimum Gasteiger partial charge on any atom is -0.383 e. The highest BCUT2D eigenvalue weighted by Gasteiger charge is 2.26. The van der Waals surface area contributed by atoms with E-state index in [1.54, 1.807) is 24.6 Å². The molecule has 152 valence electrons. The molecule has 2 aromatic rings. The molecule has 3 heterocycles. The van der Waals surface area contributed by atoms with Crippen molar-refractivity contribution in [1.29, 1.82) is 0 Å². The maximum Gasteiger partial charge on any atom is 0.255 e. The molecule has 1 saturated heterocycles. The van der Waals surface area contributed by atoms with Gasteiger partial charge in [-0.25, -0.2) is 4.98 Å². The number of aryl methyl sites for hydroxylation is 1. The Hall–Kier alpha value is -2.23. The number of nitrogens with one attached hydrogen (secondary N) is 1. The van der Waals surface area contributed by atoms with Crippen molar-refractivity contribution in [2.75, 3.05) is 53.0 Å². The second-order valence-electron chi connectivity index (χ2n) is 6.85. The minimum atomic E-state index is -0.0104. The molecule has 1 fully saturated rings. The van der Waals surface area contributed by atoms with Crippen LogP contribution in [-0.4, -0.2) is 84.2 Å². The Balaban J connectivity index is 1.57. The van der Waals surface area contributed by atoms with E-state index in [-0.39, 0.29) is 11.8 Å². The van der Waals surface area contributed by atoms with E-state index in [0.717, 1.165) is 22.1 Å². The van der Waals surface area contributed by atoms with E-state index in [0.29, 0.717) is 45.9 Å². The molecule has 8 nitrogen and oxygen atoms in total. The number of ether oxygens (including phenoxy) is 1. The molecule has 1 N–H and O–H groups in total. The molecule has 1 aliphatic heterocycles. The topological polar surface area (TPSA) is 79.7 Å². The number of hydrogen-bond donors (Lipinski definition) is 1. The predicted octanol–water partition coefficient (Wildman–Crippen LogP) is 1.07. The van der Waals surface area contributed by atoms with Gasteiger partial charge in [0.25, 0.3) is 5.91 Å². The lowest BCUT2D eigenvalue weighted by Gasteiger charge is -2.34. The summed E-state index contributed by atoms with van der Waals surface area (Å²) in [5.41, 5.74) is 2.64. The van der Waals surface area contributed by atoms with Crippen molar-refractivity contribution in [3.63, 3.8) is 0 Å². The van der Waals surface area contributed by atoms with Gasteiger partial charge in [-0.15, -0.1) is 11.3 Å². The van der Waals surface area contributed by atoms with E-state index in [1.807, 2.05) is 34.8 Å².